The summed E-state index contributed by atoms with van der Waals surface area (Å²) in [5, 5.41) is 11.3. The average Bonchev–Trinajstić information content (AvgIpc) is 3.20. The summed E-state index contributed by atoms with van der Waals surface area (Å²) in [6.07, 6.45) is 4.87. The molecule has 21 heavy (non-hydrogen) atoms. The van der Waals surface area contributed by atoms with Crippen LogP contribution in [0.2, 0.25) is 0 Å². The molecular weight excluding hydrogens is 280 g/mol. The van der Waals surface area contributed by atoms with E-state index < -0.39 is 0 Å². The van der Waals surface area contributed by atoms with E-state index in [1.807, 2.05) is 40.7 Å². The number of nitrogens with zero attached hydrogens (tertiary/aromatic N) is 3. The van der Waals surface area contributed by atoms with Gasteiger partial charge in [-0.3, -0.25) is 0 Å². The molecule has 0 aliphatic carbocycles. The van der Waals surface area contributed by atoms with E-state index in [0.29, 0.717) is 6.04 Å². The molecule has 0 fully saturated rings. The predicted molar refractivity (Wildman–Crippen MR) is 85.5 cm³/mol. The highest BCUT2D eigenvalue weighted by molar-refractivity contribution is 7.09. The highest BCUT2D eigenvalue weighted by Crippen LogP contribution is 2.19. The molecule has 5 heteroatoms. The molecule has 1 atom stereocenters. The van der Waals surface area contributed by atoms with Gasteiger partial charge in [-0.15, -0.1) is 11.3 Å². The second kappa shape index (κ2) is 6.65. The summed E-state index contributed by atoms with van der Waals surface area (Å²) < 4.78 is 1.90. The van der Waals surface area contributed by atoms with Crippen LogP contribution in [0, 0.1) is 0 Å². The van der Waals surface area contributed by atoms with Gasteiger partial charge in [0.2, 0.25) is 0 Å². The first-order valence-electron chi connectivity index (χ1n) is 7.09. The van der Waals surface area contributed by atoms with Gasteiger partial charge in [-0.1, -0.05) is 25.1 Å². The third kappa shape index (κ3) is 3.37. The highest BCUT2D eigenvalue weighted by atomic mass is 32.1. The van der Waals surface area contributed by atoms with Crippen molar-refractivity contribution >= 4 is 11.3 Å². The molecule has 0 spiro atoms. The normalized spacial score (nSPS) is 12.4. The molecule has 0 saturated carbocycles. The summed E-state index contributed by atoms with van der Waals surface area (Å²) in [7, 11) is 0. The Morgan fingerprint density at radius 2 is 2.10 bits per heavy atom. The van der Waals surface area contributed by atoms with Gasteiger partial charge in [0.05, 0.1) is 17.4 Å². The molecule has 2 heterocycles. The van der Waals surface area contributed by atoms with Crippen molar-refractivity contribution in [2.75, 3.05) is 0 Å². The second-order valence-corrected chi connectivity index (χ2v) is 5.73. The lowest BCUT2D eigenvalue weighted by atomic mass is 10.2. The van der Waals surface area contributed by atoms with E-state index in [1.54, 1.807) is 11.3 Å². The van der Waals surface area contributed by atoms with Gasteiger partial charge in [-0.2, -0.15) is 5.10 Å². The fraction of sp³-hybridized carbons (Fsp3) is 0.250. The molecule has 0 amide bonds. The van der Waals surface area contributed by atoms with Crippen LogP contribution < -0.4 is 5.32 Å². The van der Waals surface area contributed by atoms with Crippen molar-refractivity contribution in [3.05, 3.63) is 64.9 Å². The SMILES string of the molecule is CCC(NCc1ccn(-c2ccccc2)n1)c1nccs1. The smallest absolute Gasteiger partial charge is 0.109 e. The third-order valence-electron chi connectivity index (χ3n) is 3.35. The predicted octanol–water partition coefficient (Wildman–Crippen LogP) is 3.57. The molecule has 1 aromatic carbocycles. The summed E-state index contributed by atoms with van der Waals surface area (Å²) in [5.74, 6) is 0. The van der Waals surface area contributed by atoms with Crippen molar-refractivity contribution in [3.8, 4) is 5.69 Å². The van der Waals surface area contributed by atoms with Gasteiger partial charge < -0.3 is 5.32 Å². The van der Waals surface area contributed by atoms with Crippen molar-refractivity contribution in [2.45, 2.75) is 25.9 Å². The fourth-order valence-corrected chi connectivity index (χ4v) is 3.02. The second-order valence-electron chi connectivity index (χ2n) is 4.80. The molecule has 1 N–H and O–H groups in total. The van der Waals surface area contributed by atoms with Gasteiger partial charge in [-0.25, -0.2) is 9.67 Å². The van der Waals surface area contributed by atoms with Crippen molar-refractivity contribution < 1.29 is 0 Å². The summed E-state index contributed by atoms with van der Waals surface area (Å²) in [4.78, 5) is 4.38. The molecule has 0 aliphatic heterocycles. The third-order valence-corrected chi connectivity index (χ3v) is 4.24. The van der Waals surface area contributed by atoms with Gasteiger partial charge in [-0.05, 0) is 24.6 Å². The van der Waals surface area contributed by atoms with Crippen molar-refractivity contribution in [3.63, 3.8) is 0 Å². The Kier molecular flexibility index (Phi) is 4.43. The summed E-state index contributed by atoms with van der Waals surface area (Å²) in [5.41, 5.74) is 2.12. The number of benzene rings is 1. The van der Waals surface area contributed by atoms with Crippen LogP contribution in [0.25, 0.3) is 5.69 Å². The Balaban J connectivity index is 1.65. The Bertz CT molecular complexity index is 661. The number of aromatic nitrogens is 3. The fourth-order valence-electron chi connectivity index (χ4n) is 2.22. The topological polar surface area (TPSA) is 42.7 Å². The highest BCUT2D eigenvalue weighted by Gasteiger charge is 2.11. The molecule has 108 valence electrons. The number of para-hydroxylation sites is 1. The first-order chi connectivity index (χ1) is 10.4. The van der Waals surface area contributed by atoms with E-state index in [4.69, 9.17) is 0 Å². The molecule has 1 unspecified atom stereocenters. The monoisotopic (exact) mass is 298 g/mol. The van der Waals surface area contributed by atoms with Crippen LogP contribution in [0.5, 0.6) is 0 Å². The number of hydrogen-bond donors (Lipinski definition) is 1. The molecule has 0 aliphatic rings. The van der Waals surface area contributed by atoms with Crippen LogP contribution in [0.3, 0.4) is 0 Å². The van der Waals surface area contributed by atoms with Crippen LogP contribution in [-0.4, -0.2) is 14.8 Å². The van der Waals surface area contributed by atoms with Crippen molar-refractivity contribution in [2.24, 2.45) is 0 Å². The minimum atomic E-state index is 0.298. The maximum absolute atomic E-state index is 4.61. The maximum atomic E-state index is 4.61. The lowest BCUT2D eigenvalue weighted by Gasteiger charge is -2.13. The van der Waals surface area contributed by atoms with Crippen LogP contribution in [-0.2, 0) is 6.54 Å². The Morgan fingerprint density at radius 3 is 2.81 bits per heavy atom. The number of hydrogen-bond acceptors (Lipinski definition) is 4. The van der Waals surface area contributed by atoms with Crippen LogP contribution in [0.1, 0.15) is 30.1 Å². The van der Waals surface area contributed by atoms with Crippen LogP contribution in [0.15, 0.2) is 54.2 Å². The van der Waals surface area contributed by atoms with Crippen molar-refractivity contribution in [1.29, 1.82) is 0 Å². The van der Waals surface area contributed by atoms with Gasteiger partial charge in [0.1, 0.15) is 5.01 Å². The molecule has 0 bridgehead atoms. The number of rotatable bonds is 6. The summed E-state index contributed by atoms with van der Waals surface area (Å²) >= 11 is 1.69. The zero-order valence-electron chi connectivity index (χ0n) is 11.9. The number of nitrogens with one attached hydrogen (secondary N) is 1. The standard InChI is InChI=1S/C16H18N4S/c1-2-15(16-17-9-11-21-16)18-12-13-8-10-20(19-13)14-6-4-3-5-7-14/h3-11,15,18H,2,12H2,1H3. The van der Waals surface area contributed by atoms with E-state index in [-0.39, 0.29) is 0 Å². The molecule has 3 aromatic rings. The Labute approximate surface area is 128 Å². The molecule has 0 radical (unpaired) electrons. The van der Waals surface area contributed by atoms with E-state index in [1.165, 1.54) is 0 Å². The first-order valence-corrected chi connectivity index (χ1v) is 7.97. The van der Waals surface area contributed by atoms with E-state index in [0.717, 1.165) is 29.4 Å². The van der Waals surface area contributed by atoms with Gasteiger partial charge in [0.15, 0.2) is 0 Å². The summed E-state index contributed by atoms with van der Waals surface area (Å²) in [6.45, 7) is 2.92. The minimum Gasteiger partial charge on any atom is -0.302 e. The molecule has 4 nitrogen and oxygen atoms in total. The lowest BCUT2D eigenvalue weighted by Crippen LogP contribution is -2.20. The average molecular weight is 298 g/mol. The van der Waals surface area contributed by atoms with Gasteiger partial charge in [0, 0.05) is 24.3 Å². The quantitative estimate of drug-likeness (QED) is 0.756. The van der Waals surface area contributed by atoms with Crippen molar-refractivity contribution in [1.82, 2.24) is 20.1 Å². The Morgan fingerprint density at radius 1 is 1.24 bits per heavy atom. The van der Waals surface area contributed by atoms with Gasteiger partial charge >= 0.3 is 0 Å². The van der Waals surface area contributed by atoms with E-state index in [2.05, 4.69) is 40.5 Å². The largest absolute Gasteiger partial charge is 0.302 e. The number of thiazole rings is 1. The maximum Gasteiger partial charge on any atom is 0.109 e. The molecule has 0 saturated heterocycles. The first kappa shape index (κ1) is 14.0. The van der Waals surface area contributed by atoms with E-state index in [9.17, 15) is 0 Å². The van der Waals surface area contributed by atoms with E-state index >= 15 is 0 Å². The van der Waals surface area contributed by atoms with Crippen LogP contribution in [0.4, 0.5) is 0 Å². The van der Waals surface area contributed by atoms with Crippen LogP contribution >= 0.6 is 11.3 Å². The minimum absolute atomic E-state index is 0.298. The lowest BCUT2D eigenvalue weighted by molar-refractivity contribution is 0.510. The molecule has 3 rings (SSSR count). The zero-order chi connectivity index (χ0) is 14.5. The van der Waals surface area contributed by atoms with Gasteiger partial charge in [0.25, 0.3) is 0 Å². The molecule has 2 aromatic heterocycles. The molecular formula is C16H18N4S. The Hall–Kier alpha value is -1.98. The summed E-state index contributed by atoms with van der Waals surface area (Å²) in [6, 6.07) is 12.5. The zero-order valence-corrected chi connectivity index (χ0v) is 12.8.